The minimum Gasteiger partial charge on any atom is -0.490 e. The molecule has 0 bridgehead atoms. The lowest BCUT2D eigenvalue weighted by Gasteiger charge is -2.28. The predicted octanol–water partition coefficient (Wildman–Crippen LogP) is 8.29. The molecule has 0 aliphatic carbocycles. The summed E-state index contributed by atoms with van der Waals surface area (Å²) < 4.78 is 29.3. The van der Waals surface area contributed by atoms with Gasteiger partial charge in [0, 0.05) is 6.42 Å². The van der Waals surface area contributed by atoms with Crippen LogP contribution in [0.1, 0.15) is 72.1 Å². The highest BCUT2D eigenvalue weighted by Crippen LogP contribution is 2.44. The zero-order valence-electron chi connectivity index (χ0n) is 28.7. The lowest BCUT2D eigenvalue weighted by Crippen LogP contribution is -2.44. The molecule has 1 heterocycles. The minimum absolute atomic E-state index is 0.0208. The molecule has 2 aromatic carbocycles. The maximum atomic E-state index is 13.8. The molecular weight excluding hydrogens is 580 g/mol. The normalized spacial score (nSPS) is 15.4. The van der Waals surface area contributed by atoms with Crippen molar-refractivity contribution in [3.8, 4) is 11.5 Å². The zero-order chi connectivity index (χ0) is 33.9. The number of carbonyl (C=O) groups is 2. The maximum absolute atomic E-state index is 13.8. The molecule has 0 radical (unpaired) electrons. The van der Waals surface area contributed by atoms with Gasteiger partial charge in [-0.3, -0.25) is 0 Å². The summed E-state index contributed by atoms with van der Waals surface area (Å²) in [5.41, 5.74) is 5.37. The van der Waals surface area contributed by atoms with Crippen molar-refractivity contribution < 1.29 is 33.3 Å². The van der Waals surface area contributed by atoms with Gasteiger partial charge in [0.1, 0.15) is 31.3 Å². The Morgan fingerprint density at radius 1 is 0.739 bits per heavy atom. The molecular formula is C39H48O7. The van der Waals surface area contributed by atoms with Crippen LogP contribution in [0.5, 0.6) is 11.5 Å². The minimum atomic E-state index is -1.78. The monoisotopic (exact) mass is 628 g/mol. The van der Waals surface area contributed by atoms with Crippen LogP contribution in [0.15, 0.2) is 94.8 Å². The standard InChI is InChI=1S/C39H48O7/c1-26(2)10-12-32-24-30(11-17-34(32)44-22-19-28(5)6)25-39(38(41)42-9)35(36(37(40)46-39)45-23-20-29(7)8)31-13-15-33(16-14-31)43-21-18-27(3)4/h10-11,13-20,24H,12,21-23,25H2,1-9H3/t39-/m1/s1. The molecule has 7 heteroatoms. The number of hydrogen-bond acceptors (Lipinski definition) is 7. The van der Waals surface area contributed by atoms with E-state index in [-0.39, 0.29) is 18.8 Å². The summed E-state index contributed by atoms with van der Waals surface area (Å²) in [6, 6.07) is 13.0. The van der Waals surface area contributed by atoms with Crippen molar-refractivity contribution in [2.75, 3.05) is 26.9 Å². The average Bonchev–Trinajstić information content (AvgIpc) is 3.27. The number of allylic oxidation sites excluding steroid dienone is 5. The van der Waals surface area contributed by atoms with E-state index in [1.807, 2.05) is 91.8 Å². The lowest BCUT2D eigenvalue weighted by molar-refractivity contribution is -0.169. The molecule has 1 aliphatic heterocycles. The van der Waals surface area contributed by atoms with Crippen LogP contribution in [0, 0.1) is 0 Å². The average molecular weight is 629 g/mol. The maximum Gasteiger partial charge on any atom is 0.375 e. The number of benzene rings is 2. The first-order valence-corrected chi connectivity index (χ1v) is 15.6. The fourth-order valence-corrected chi connectivity index (χ4v) is 4.80. The highest BCUT2D eigenvalue weighted by atomic mass is 16.6. The second-order valence-corrected chi connectivity index (χ2v) is 12.3. The number of esters is 2. The molecule has 0 saturated heterocycles. The van der Waals surface area contributed by atoms with Crippen molar-refractivity contribution in [2.24, 2.45) is 0 Å². The van der Waals surface area contributed by atoms with Crippen molar-refractivity contribution in [2.45, 2.75) is 73.8 Å². The van der Waals surface area contributed by atoms with Crippen LogP contribution in [0.2, 0.25) is 0 Å². The van der Waals surface area contributed by atoms with Crippen LogP contribution in [0.3, 0.4) is 0 Å². The van der Waals surface area contributed by atoms with Gasteiger partial charge in [0.15, 0.2) is 0 Å². The van der Waals surface area contributed by atoms with Crippen LogP contribution >= 0.6 is 0 Å². The first-order chi connectivity index (χ1) is 21.9. The first kappa shape index (κ1) is 36.0. The van der Waals surface area contributed by atoms with E-state index < -0.39 is 17.5 Å². The van der Waals surface area contributed by atoms with Gasteiger partial charge in [0.25, 0.3) is 0 Å². The van der Waals surface area contributed by atoms with Gasteiger partial charge in [0.05, 0.1) is 12.7 Å². The van der Waals surface area contributed by atoms with Gasteiger partial charge in [0.2, 0.25) is 11.4 Å². The number of rotatable bonds is 15. The second-order valence-electron chi connectivity index (χ2n) is 12.3. The molecule has 1 aliphatic rings. The summed E-state index contributed by atoms with van der Waals surface area (Å²) in [5, 5.41) is 0. The molecule has 2 aromatic rings. The van der Waals surface area contributed by atoms with Crippen molar-refractivity contribution in [3.05, 3.63) is 112 Å². The first-order valence-electron chi connectivity index (χ1n) is 15.6. The molecule has 0 N–H and O–H groups in total. The Balaban J connectivity index is 2.13. The number of methoxy groups -OCH3 is 1. The van der Waals surface area contributed by atoms with E-state index in [1.54, 1.807) is 24.3 Å². The molecule has 0 aromatic heterocycles. The Morgan fingerprint density at radius 3 is 1.87 bits per heavy atom. The quantitative estimate of drug-likeness (QED) is 0.145. The molecule has 246 valence electrons. The summed E-state index contributed by atoms with van der Waals surface area (Å²) >= 11 is 0. The third-order valence-electron chi connectivity index (χ3n) is 7.24. The molecule has 1 atom stereocenters. The summed E-state index contributed by atoms with van der Waals surface area (Å²) in [5.74, 6) is -0.0457. The molecule has 0 spiro atoms. The van der Waals surface area contributed by atoms with Gasteiger partial charge in [-0.05, 0) is 115 Å². The van der Waals surface area contributed by atoms with E-state index in [0.29, 0.717) is 36.5 Å². The van der Waals surface area contributed by atoms with Gasteiger partial charge in [-0.25, -0.2) is 9.59 Å². The summed E-state index contributed by atoms with van der Waals surface area (Å²) in [7, 11) is 1.29. The zero-order valence-corrected chi connectivity index (χ0v) is 28.7. The number of ether oxygens (including phenoxy) is 5. The fraction of sp³-hybridized carbons (Fsp3) is 0.385. The van der Waals surface area contributed by atoms with E-state index in [9.17, 15) is 9.59 Å². The van der Waals surface area contributed by atoms with Gasteiger partial charge in [-0.2, -0.15) is 0 Å². The van der Waals surface area contributed by atoms with E-state index in [4.69, 9.17) is 23.7 Å². The third kappa shape index (κ3) is 9.74. The van der Waals surface area contributed by atoms with Crippen LogP contribution in [-0.4, -0.2) is 44.5 Å². The fourth-order valence-electron chi connectivity index (χ4n) is 4.80. The molecule has 0 saturated carbocycles. The van der Waals surface area contributed by atoms with Crippen LogP contribution < -0.4 is 9.47 Å². The van der Waals surface area contributed by atoms with Crippen molar-refractivity contribution in [1.82, 2.24) is 0 Å². The highest BCUT2D eigenvalue weighted by Gasteiger charge is 2.56. The Kier molecular flexibility index (Phi) is 13.0. The third-order valence-corrected chi connectivity index (χ3v) is 7.24. The Bertz CT molecular complexity index is 1540. The summed E-state index contributed by atoms with van der Waals surface area (Å²) in [6.45, 7) is 17.1. The summed E-state index contributed by atoms with van der Waals surface area (Å²) in [6.07, 6.45) is 8.67. The molecule has 0 fully saturated rings. The van der Waals surface area contributed by atoms with Crippen molar-refractivity contribution in [1.29, 1.82) is 0 Å². The molecule has 0 amide bonds. The number of cyclic esters (lactones) is 1. The van der Waals surface area contributed by atoms with E-state index >= 15 is 0 Å². The van der Waals surface area contributed by atoms with Gasteiger partial charge in [-0.15, -0.1) is 0 Å². The topological polar surface area (TPSA) is 80.3 Å². The van der Waals surface area contributed by atoms with Gasteiger partial charge in [-0.1, -0.05) is 52.6 Å². The largest absolute Gasteiger partial charge is 0.490 e. The van der Waals surface area contributed by atoms with E-state index in [1.165, 1.54) is 18.3 Å². The number of carbonyl (C=O) groups excluding carboxylic acids is 2. The van der Waals surface area contributed by atoms with Crippen LogP contribution in [0.25, 0.3) is 5.57 Å². The Labute approximate surface area is 274 Å². The molecule has 3 rings (SSSR count). The van der Waals surface area contributed by atoms with Gasteiger partial charge < -0.3 is 23.7 Å². The summed E-state index contributed by atoms with van der Waals surface area (Å²) in [4.78, 5) is 27.3. The lowest BCUT2D eigenvalue weighted by atomic mass is 9.82. The Morgan fingerprint density at radius 2 is 1.30 bits per heavy atom. The van der Waals surface area contributed by atoms with E-state index in [0.717, 1.165) is 28.0 Å². The van der Waals surface area contributed by atoms with Gasteiger partial charge >= 0.3 is 11.9 Å². The van der Waals surface area contributed by atoms with Crippen molar-refractivity contribution in [3.63, 3.8) is 0 Å². The second kappa shape index (κ2) is 16.7. The smallest absolute Gasteiger partial charge is 0.375 e. The van der Waals surface area contributed by atoms with Crippen LogP contribution in [-0.2, 0) is 36.6 Å². The number of hydrogen-bond donors (Lipinski definition) is 0. The molecule has 0 unspecified atom stereocenters. The molecule has 7 nitrogen and oxygen atoms in total. The highest BCUT2D eigenvalue weighted by molar-refractivity contribution is 6.11. The van der Waals surface area contributed by atoms with Crippen molar-refractivity contribution >= 4 is 17.5 Å². The Hall–Kier alpha value is -4.52. The van der Waals surface area contributed by atoms with E-state index in [2.05, 4.69) is 6.08 Å². The predicted molar refractivity (Wildman–Crippen MR) is 183 cm³/mol. The SMILES string of the molecule is COC(=O)[C@]1(Cc2ccc(OCC=C(C)C)c(CC=C(C)C)c2)OC(=O)C(OCC=C(C)C)=C1c1ccc(OCC=C(C)C)cc1. The van der Waals surface area contributed by atoms with Crippen LogP contribution in [0.4, 0.5) is 0 Å². The molecule has 46 heavy (non-hydrogen) atoms.